The number of piperazine rings is 1. The molecule has 0 atom stereocenters. The lowest BCUT2D eigenvalue weighted by molar-refractivity contribution is -0.142. The van der Waals surface area contributed by atoms with Crippen molar-refractivity contribution < 1.29 is 27.2 Å². The fourth-order valence-electron chi connectivity index (χ4n) is 5.46. The first kappa shape index (κ1) is 36.3. The van der Waals surface area contributed by atoms with Crippen LogP contribution in [0.25, 0.3) is 22.2 Å². The van der Waals surface area contributed by atoms with Crippen molar-refractivity contribution in [2.45, 2.75) is 51.0 Å². The summed E-state index contributed by atoms with van der Waals surface area (Å²) >= 11 is 6.25. The summed E-state index contributed by atoms with van der Waals surface area (Å²) in [6.45, 7) is 11.0. The highest BCUT2D eigenvalue weighted by atomic mass is 35.5. The number of rotatable bonds is 13. The van der Waals surface area contributed by atoms with Crippen LogP contribution in [0, 0.1) is 11.2 Å². The number of hydrogen-bond acceptors (Lipinski definition) is 10. The third kappa shape index (κ3) is 9.00. The molecule has 49 heavy (non-hydrogen) atoms. The van der Waals surface area contributed by atoms with Gasteiger partial charge in [0.1, 0.15) is 11.6 Å². The van der Waals surface area contributed by atoms with Gasteiger partial charge in [-0.1, -0.05) is 31.5 Å². The second-order valence-corrected chi connectivity index (χ2v) is 15.2. The van der Waals surface area contributed by atoms with Gasteiger partial charge >= 0.3 is 0 Å². The maximum atomic E-state index is 13.5. The molecular formula is C34H41ClFN7O5S. The lowest BCUT2D eigenvalue weighted by Gasteiger charge is -2.39. The molecule has 1 saturated heterocycles. The van der Waals surface area contributed by atoms with Crippen molar-refractivity contribution in [3.63, 3.8) is 0 Å². The number of benzene rings is 2. The Morgan fingerprint density at radius 2 is 1.65 bits per heavy atom. The highest BCUT2D eigenvalue weighted by Gasteiger charge is 2.34. The molecule has 2 aromatic heterocycles. The molecule has 0 radical (unpaired) electrons. The van der Waals surface area contributed by atoms with E-state index in [0.29, 0.717) is 74.6 Å². The first-order valence-electron chi connectivity index (χ1n) is 15.9. The Labute approximate surface area is 290 Å². The highest BCUT2D eigenvalue weighted by Crippen LogP contribution is 2.31. The van der Waals surface area contributed by atoms with Gasteiger partial charge in [0, 0.05) is 56.4 Å². The van der Waals surface area contributed by atoms with Gasteiger partial charge in [-0.2, -0.15) is 0 Å². The molecule has 0 unspecified atom stereocenters. The molecule has 12 nitrogen and oxygen atoms in total. The van der Waals surface area contributed by atoms with Crippen LogP contribution in [0.3, 0.4) is 0 Å². The average Bonchev–Trinajstić information content (AvgIpc) is 3.07. The zero-order valence-corrected chi connectivity index (χ0v) is 29.5. The second-order valence-electron chi connectivity index (χ2n) is 13.2. The molecule has 1 amide bonds. The second kappa shape index (κ2) is 14.9. The maximum Gasteiger partial charge on any atom is 0.261 e. The first-order chi connectivity index (χ1) is 23.2. The lowest BCUT2D eigenvalue weighted by atomic mass is 9.87. The quantitative estimate of drug-likeness (QED) is 0.136. The Hall–Kier alpha value is -3.95. The molecule has 4 aromatic rings. The van der Waals surface area contributed by atoms with Crippen molar-refractivity contribution >= 4 is 50.1 Å². The number of pyridine rings is 1. The normalized spacial score (nSPS) is 14.3. The Bertz CT molecular complexity index is 1900. The number of nitrogens with zero attached hydrogens (tertiary/aromatic N) is 5. The van der Waals surface area contributed by atoms with Crippen molar-refractivity contribution in [2.75, 3.05) is 49.0 Å². The molecule has 0 aliphatic carbocycles. The summed E-state index contributed by atoms with van der Waals surface area (Å²) in [4.78, 5) is 35.7. The number of sulfonamides is 1. The van der Waals surface area contributed by atoms with Crippen LogP contribution in [-0.2, 0) is 24.4 Å². The molecule has 15 heteroatoms. The lowest BCUT2D eigenvalue weighted by Crippen LogP contribution is -2.52. The van der Waals surface area contributed by atoms with Crippen LogP contribution in [-0.4, -0.2) is 79.2 Å². The van der Waals surface area contributed by atoms with Crippen LogP contribution >= 0.6 is 11.6 Å². The van der Waals surface area contributed by atoms with Gasteiger partial charge in [0.25, 0.3) is 10.0 Å². The number of amides is 1. The van der Waals surface area contributed by atoms with Gasteiger partial charge in [-0.05, 0) is 68.3 Å². The van der Waals surface area contributed by atoms with Gasteiger partial charge in [-0.3, -0.25) is 14.5 Å². The Kier molecular flexibility index (Phi) is 11.0. The van der Waals surface area contributed by atoms with Gasteiger partial charge in [-0.25, -0.2) is 28.7 Å². The van der Waals surface area contributed by atoms with Gasteiger partial charge in [-0.15, -0.1) is 0 Å². The van der Waals surface area contributed by atoms with Crippen LogP contribution in [0.1, 0.15) is 40.5 Å². The third-order valence-electron chi connectivity index (χ3n) is 8.58. The van der Waals surface area contributed by atoms with Crippen molar-refractivity contribution in [3.8, 4) is 11.1 Å². The van der Waals surface area contributed by atoms with E-state index < -0.39 is 26.9 Å². The molecule has 0 bridgehead atoms. The molecule has 262 valence electrons. The number of ether oxygens (including phenoxy) is 1. The van der Waals surface area contributed by atoms with Gasteiger partial charge < -0.3 is 19.4 Å². The molecular weight excluding hydrogens is 673 g/mol. The SMILES string of the molecule is CC(C)(CCON)OCCC(C)(C)C(=O)N1CCN(c2cnc3ccc(-c4cnc(Cl)c(NS(=O)(=O)c5ccc(F)cc5)c4)cc3n2)CC1. The monoisotopic (exact) mass is 713 g/mol. The van der Waals surface area contributed by atoms with E-state index in [1.54, 1.807) is 12.3 Å². The molecule has 2 aromatic carbocycles. The van der Waals surface area contributed by atoms with Gasteiger partial charge in [0.15, 0.2) is 5.15 Å². The van der Waals surface area contributed by atoms with E-state index >= 15 is 0 Å². The number of hydrogen-bond donors (Lipinski definition) is 2. The summed E-state index contributed by atoms with van der Waals surface area (Å²) < 4.78 is 47.6. The molecule has 1 aliphatic heterocycles. The minimum absolute atomic E-state index is 0.0375. The highest BCUT2D eigenvalue weighted by molar-refractivity contribution is 7.92. The zero-order valence-electron chi connectivity index (χ0n) is 27.9. The topological polar surface area (TPSA) is 153 Å². The van der Waals surface area contributed by atoms with E-state index in [1.807, 2.05) is 50.8 Å². The predicted octanol–water partition coefficient (Wildman–Crippen LogP) is 5.43. The summed E-state index contributed by atoms with van der Waals surface area (Å²) in [6, 6.07) is 11.6. The van der Waals surface area contributed by atoms with E-state index in [1.165, 1.54) is 18.3 Å². The fourth-order valence-corrected chi connectivity index (χ4v) is 6.73. The summed E-state index contributed by atoms with van der Waals surface area (Å²) in [6.07, 6.45) is 4.51. The number of carbonyl (C=O) groups excluding carboxylic acids is 1. The Balaban J connectivity index is 1.24. The number of aromatic nitrogens is 3. The van der Waals surface area contributed by atoms with Crippen molar-refractivity contribution in [3.05, 3.63) is 71.9 Å². The van der Waals surface area contributed by atoms with E-state index in [2.05, 4.69) is 24.4 Å². The van der Waals surface area contributed by atoms with E-state index in [0.717, 1.165) is 17.7 Å². The third-order valence-corrected chi connectivity index (χ3v) is 10.3. The number of fused-ring (bicyclic) bond motifs is 1. The molecule has 3 N–H and O–H groups in total. The van der Waals surface area contributed by atoms with E-state index in [9.17, 15) is 17.6 Å². The largest absolute Gasteiger partial charge is 0.375 e. The van der Waals surface area contributed by atoms with Crippen molar-refractivity contribution in [1.82, 2.24) is 19.9 Å². The van der Waals surface area contributed by atoms with E-state index in [4.69, 9.17) is 27.2 Å². The smallest absolute Gasteiger partial charge is 0.261 e. The van der Waals surface area contributed by atoms with Crippen LogP contribution < -0.4 is 15.5 Å². The fraction of sp³-hybridized carbons (Fsp3) is 0.412. The number of anilines is 2. The predicted molar refractivity (Wildman–Crippen MR) is 187 cm³/mol. The summed E-state index contributed by atoms with van der Waals surface area (Å²) in [7, 11) is -4.04. The van der Waals surface area contributed by atoms with Crippen LogP contribution in [0.5, 0.6) is 0 Å². The number of nitrogens with two attached hydrogens (primary N) is 1. The molecule has 5 rings (SSSR count). The summed E-state index contributed by atoms with van der Waals surface area (Å²) in [5.41, 5.74) is 1.74. The van der Waals surface area contributed by atoms with E-state index in [-0.39, 0.29) is 21.6 Å². The Morgan fingerprint density at radius 3 is 2.35 bits per heavy atom. The number of halogens is 2. The molecule has 1 fully saturated rings. The summed E-state index contributed by atoms with van der Waals surface area (Å²) in [5, 5.41) is -0.0375. The molecule has 1 aliphatic rings. The van der Waals surface area contributed by atoms with Crippen molar-refractivity contribution in [1.29, 1.82) is 0 Å². The van der Waals surface area contributed by atoms with Gasteiger partial charge in [0.05, 0.1) is 40.0 Å². The minimum Gasteiger partial charge on any atom is -0.375 e. The molecule has 3 heterocycles. The minimum atomic E-state index is -4.04. The zero-order chi connectivity index (χ0) is 35.4. The van der Waals surface area contributed by atoms with Crippen LogP contribution in [0.2, 0.25) is 5.15 Å². The maximum absolute atomic E-state index is 13.5. The van der Waals surface area contributed by atoms with Crippen LogP contribution in [0.15, 0.2) is 65.8 Å². The van der Waals surface area contributed by atoms with Crippen LogP contribution in [0.4, 0.5) is 15.9 Å². The average molecular weight is 714 g/mol. The summed E-state index contributed by atoms with van der Waals surface area (Å²) in [5.74, 6) is 5.38. The molecule has 0 saturated carbocycles. The first-order valence-corrected chi connectivity index (χ1v) is 17.7. The standard InChI is InChI=1S/C34H41ClFN7O5S/c1-33(2,11-17-47-34(3,4)12-18-48-37)32(44)43-15-13-42(14-16-43)30-22-38-27-10-5-23(19-28(27)40-30)24-20-29(31(35)39-21-24)41-49(45,46)26-8-6-25(36)7-9-26/h5-10,19-22,41H,11-18,37H2,1-4H3. The van der Waals surface area contributed by atoms with Crippen molar-refractivity contribution in [2.24, 2.45) is 11.3 Å². The van der Waals surface area contributed by atoms with Gasteiger partial charge in [0.2, 0.25) is 5.91 Å². The number of carbonyl (C=O) groups is 1. The number of nitrogens with one attached hydrogen (secondary N) is 1. The molecule has 0 spiro atoms. The Morgan fingerprint density at radius 1 is 0.939 bits per heavy atom.